The van der Waals surface area contributed by atoms with Crippen molar-refractivity contribution >= 4 is 16.8 Å². The summed E-state index contributed by atoms with van der Waals surface area (Å²) < 4.78 is 2.68. The van der Waals surface area contributed by atoms with Crippen LogP contribution in [-0.4, -0.2) is 33.0 Å². The van der Waals surface area contributed by atoms with Crippen LogP contribution in [-0.2, 0) is 4.79 Å². The molecule has 1 aliphatic heterocycles. The minimum Gasteiger partial charge on any atom is -0.341 e. The van der Waals surface area contributed by atoms with Crippen LogP contribution in [0.5, 0.6) is 0 Å². The van der Waals surface area contributed by atoms with E-state index in [0.717, 1.165) is 24.0 Å². The number of hydrogen-bond acceptors (Lipinski definition) is 3. The molecule has 1 aliphatic rings. The van der Waals surface area contributed by atoms with Gasteiger partial charge in [-0.3, -0.25) is 14.2 Å². The van der Waals surface area contributed by atoms with Gasteiger partial charge in [-0.05, 0) is 62.9 Å². The molecule has 0 saturated carbocycles. The average molecular weight is 391 g/mol. The Bertz CT molecular complexity index is 1220. The zero-order valence-electron chi connectivity index (χ0n) is 17.0. The molecule has 150 valence electrons. The summed E-state index contributed by atoms with van der Waals surface area (Å²) in [6.07, 6.45) is 1.96. The molecule has 0 radical (unpaired) electrons. The van der Waals surface area contributed by atoms with E-state index in [0.29, 0.717) is 29.7 Å². The van der Waals surface area contributed by atoms with Gasteiger partial charge in [0, 0.05) is 13.1 Å². The van der Waals surface area contributed by atoms with Crippen LogP contribution >= 0.6 is 0 Å². The molecule has 2 heterocycles. The number of aryl methyl sites for hydroxylation is 1. The first-order chi connectivity index (χ1) is 13.9. The number of rotatable bonds is 3. The lowest BCUT2D eigenvalue weighted by molar-refractivity contribution is -0.133. The van der Waals surface area contributed by atoms with Crippen molar-refractivity contribution in [3.8, 4) is 5.69 Å². The predicted octanol–water partition coefficient (Wildman–Crippen LogP) is 2.95. The van der Waals surface area contributed by atoms with Crippen molar-refractivity contribution in [2.45, 2.75) is 39.7 Å². The van der Waals surface area contributed by atoms with Crippen LogP contribution in [0.2, 0.25) is 0 Å². The molecule has 1 atom stereocenters. The van der Waals surface area contributed by atoms with Crippen LogP contribution in [0.3, 0.4) is 0 Å². The molecular weight excluding hydrogens is 366 g/mol. The highest BCUT2D eigenvalue weighted by Gasteiger charge is 2.28. The smallest absolute Gasteiger partial charge is 0.336 e. The zero-order chi connectivity index (χ0) is 20.7. The molecule has 1 aromatic heterocycles. The lowest BCUT2D eigenvalue weighted by Gasteiger charge is -2.24. The first-order valence-electron chi connectivity index (χ1n) is 10.0. The molecule has 1 unspecified atom stereocenters. The molecule has 0 N–H and O–H groups in total. The SMILES string of the molecule is Cc1cccc(-n2c(=O)c3ccccc3n(C(C)C(=O)N3CCCC3)c2=O)c1C. The Morgan fingerprint density at radius 2 is 1.66 bits per heavy atom. The third-order valence-electron chi connectivity index (χ3n) is 5.97. The van der Waals surface area contributed by atoms with Gasteiger partial charge < -0.3 is 4.90 Å². The van der Waals surface area contributed by atoms with E-state index in [4.69, 9.17) is 0 Å². The van der Waals surface area contributed by atoms with Crippen molar-refractivity contribution in [3.05, 3.63) is 74.4 Å². The Morgan fingerprint density at radius 1 is 0.966 bits per heavy atom. The minimum absolute atomic E-state index is 0.0825. The van der Waals surface area contributed by atoms with Gasteiger partial charge in [0.2, 0.25) is 5.91 Å². The molecule has 0 spiro atoms. The number of carbonyl (C=O) groups is 1. The van der Waals surface area contributed by atoms with Gasteiger partial charge in [0.25, 0.3) is 5.56 Å². The molecule has 6 heteroatoms. The van der Waals surface area contributed by atoms with Crippen molar-refractivity contribution in [2.75, 3.05) is 13.1 Å². The fourth-order valence-corrected chi connectivity index (χ4v) is 4.16. The first kappa shape index (κ1) is 19.2. The summed E-state index contributed by atoms with van der Waals surface area (Å²) in [5, 5.41) is 0.425. The number of nitrogens with zero attached hydrogens (tertiary/aromatic N) is 3. The second-order valence-electron chi connectivity index (χ2n) is 7.74. The number of hydrogen-bond donors (Lipinski definition) is 0. The summed E-state index contributed by atoms with van der Waals surface area (Å²) >= 11 is 0. The van der Waals surface area contributed by atoms with Crippen LogP contribution in [0, 0.1) is 13.8 Å². The third-order valence-corrected chi connectivity index (χ3v) is 5.97. The van der Waals surface area contributed by atoms with Gasteiger partial charge in [0.15, 0.2) is 0 Å². The van der Waals surface area contributed by atoms with E-state index < -0.39 is 11.7 Å². The molecule has 0 aliphatic carbocycles. The van der Waals surface area contributed by atoms with E-state index in [-0.39, 0.29) is 11.5 Å². The first-order valence-corrected chi connectivity index (χ1v) is 10.0. The number of aromatic nitrogens is 2. The van der Waals surface area contributed by atoms with E-state index in [1.807, 2.05) is 26.0 Å². The second-order valence-corrected chi connectivity index (χ2v) is 7.74. The Balaban J connectivity index is 2.02. The highest BCUT2D eigenvalue weighted by Crippen LogP contribution is 2.20. The van der Waals surface area contributed by atoms with Crippen LogP contribution in [0.25, 0.3) is 16.6 Å². The monoisotopic (exact) mass is 391 g/mol. The van der Waals surface area contributed by atoms with E-state index in [2.05, 4.69) is 0 Å². The molecule has 2 aromatic carbocycles. The summed E-state index contributed by atoms with van der Waals surface area (Å²) in [7, 11) is 0. The van der Waals surface area contributed by atoms with Gasteiger partial charge in [0.1, 0.15) is 6.04 Å². The van der Waals surface area contributed by atoms with Crippen LogP contribution < -0.4 is 11.2 Å². The maximum Gasteiger partial charge on any atom is 0.336 e. The zero-order valence-corrected chi connectivity index (χ0v) is 17.0. The van der Waals surface area contributed by atoms with E-state index in [9.17, 15) is 14.4 Å². The number of benzene rings is 2. The Labute approximate surface area is 169 Å². The molecule has 29 heavy (non-hydrogen) atoms. The molecule has 3 aromatic rings. The molecule has 4 rings (SSSR count). The normalized spacial score (nSPS) is 15.1. The lowest BCUT2D eigenvalue weighted by atomic mass is 10.1. The number of amides is 1. The minimum atomic E-state index is -0.692. The lowest BCUT2D eigenvalue weighted by Crippen LogP contribution is -2.44. The van der Waals surface area contributed by atoms with Crippen molar-refractivity contribution in [1.82, 2.24) is 14.0 Å². The molecule has 6 nitrogen and oxygen atoms in total. The van der Waals surface area contributed by atoms with E-state index in [1.54, 1.807) is 42.2 Å². The summed E-state index contributed by atoms with van der Waals surface area (Å²) in [5.74, 6) is -0.0825. The Morgan fingerprint density at radius 3 is 2.38 bits per heavy atom. The van der Waals surface area contributed by atoms with Gasteiger partial charge in [-0.15, -0.1) is 0 Å². The molecule has 1 saturated heterocycles. The average Bonchev–Trinajstić information content (AvgIpc) is 3.25. The fourth-order valence-electron chi connectivity index (χ4n) is 4.16. The van der Waals surface area contributed by atoms with E-state index >= 15 is 0 Å². The Hall–Kier alpha value is -3.15. The predicted molar refractivity (Wildman–Crippen MR) is 114 cm³/mol. The van der Waals surface area contributed by atoms with Crippen molar-refractivity contribution < 1.29 is 4.79 Å². The number of likely N-dealkylation sites (tertiary alicyclic amines) is 1. The summed E-state index contributed by atoms with van der Waals surface area (Å²) in [5.41, 5.74) is 2.06. The fraction of sp³-hybridized carbons (Fsp3) is 0.348. The van der Waals surface area contributed by atoms with Crippen molar-refractivity contribution in [2.24, 2.45) is 0 Å². The highest BCUT2D eigenvalue weighted by molar-refractivity contribution is 5.84. The standard InChI is InChI=1S/C23H25N3O3/c1-15-9-8-12-19(16(15)2)26-22(28)18-10-4-5-11-20(18)25(23(26)29)17(3)21(27)24-13-6-7-14-24/h4-5,8-12,17H,6-7,13-14H2,1-3H3. The maximum atomic E-state index is 13.6. The summed E-state index contributed by atoms with van der Waals surface area (Å²) in [6, 6.07) is 11.9. The maximum absolute atomic E-state index is 13.6. The van der Waals surface area contributed by atoms with Crippen LogP contribution in [0.4, 0.5) is 0 Å². The van der Waals surface area contributed by atoms with Gasteiger partial charge >= 0.3 is 5.69 Å². The quantitative estimate of drug-likeness (QED) is 0.690. The van der Waals surface area contributed by atoms with E-state index in [1.165, 1.54) is 9.13 Å². The van der Waals surface area contributed by atoms with Crippen molar-refractivity contribution in [1.29, 1.82) is 0 Å². The topological polar surface area (TPSA) is 64.3 Å². The molecule has 1 amide bonds. The molecule has 1 fully saturated rings. The molecular formula is C23H25N3O3. The summed E-state index contributed by atoms with van der Waals surface area (Å²) in [6.45, 7) is 7.02. The van der Waals surface area contributed by atoms with Gasteiger partial charge in [0.05, 0.1) is 16.6 Å². The number of carbonyl (C=O) groups excluding carboxylic acids is 1. The Kier molecular flexibility index (Phi) is 4.86. The highest BCUT2D eigenvalue weighted by atomic mass is 16.2. The van der Waals surface area contributed by atoms with Gasteiger partial charge in [-0.1, -0.05) is 24.3 Å². The largest absolute Gasteiger partial charge is 0.341 e. The van der Waals surface area contributed by atoms with Crippen LogP contribution in [0.15, 0.2) is 52.1 Å². The number of fused-ring (bicyclic) bond motifs is 1. The summed E-state index contributed by atoms with van der Waals surface area (Å²) in [4.78, 5) is 41.7. The second kappa shape index (κ2) is 7.35. The number of para-hydroxylation sites is 1. The van der Waals surface area contributed by atoms with Gasteiger partial charge in [-0.25, -0.2) is 9.36 Å². The van der Waals surface area contributed by atoms with Gasteiger partial charge in [-0.2, -0.15) is 0 Å². The van der Waals surface area contributed by atoms with Crippen molar-refractivity contribution in [3.63, 3.8) is 0 Å². The van der Waals surface area contributed by atoms with Crippen LogP contribution in [0.1, 0.15) is 36.9 Å². The third kappa shape index (κ3) is 3.09. The molecule has 0 bridgehead atoms.